The summed E-state index contributed by atoms with van der Waals surface area (Å²) in [5.41, 5.74) is 2.02. The van der Waals surface area contributed by atoms with Crippen LogP contribution >= 0.6 is 0 Å². The number of rotatable bonds is 7. The van der Waals surface area contributed by atoms with Gasteiger partial charge in [-0.3, -0.25) is 14.4 Å². The first-order valence-electron chi connectivity index (χ1n) is 12.8. The molecule has 0 spiro atoms. The van der Waals surface area contributed by atoms with E-state index in [4.69, 9.17) is 14.2 Å². The van der Waals surface area contributed by atoms with E-state index in [9.17, 15) is 14.4 Å². The summed E-state index contributed by atoms with van der Waals surface area (Å²) in [6.07, 6.45) is 2.53. The molecule has 2 unspecified atom stereocenters. The van der Waals surface area contributed by atoms with Gasteiger partial charge in [0, 0.05) is 48.4 Å². The van der Waals surface area contributed by atoms with E-state index in [0.717, 1.165) is 12.1 Å². The molecule has 1 N–H and O–H groups in total. The number of carbonyl (C=O) groups is 2. The highest BCUT2D eigenvalue weighted by molar-refractivity contribution is 6.05. The zero-order valence-corrected chi connectivity index (χ0v) is 22.2. The lowest BCUT2D eigenvalue weighted by Gasteiger charge is -2.43. The molecule has 1 saturated heterocycles. The molecule has 0 saturated carbocycles. The summed E-state index contributed by atoms with van der Waals surface area (Å²) in [6, 6.07) is 17.2. The summed E-state index contributed by atoms with van der Waals surface area (Å²) in [4.78, 5) is 41.5. The van der Waals surface area contributed by atoms with Crippen LogP contribution in [-0.2, 0) is 11.3 Å². The van der Waals surface area contributed by atoms with Gasteiger partial charge in [0.05, 0.1) is 21.3 Å². The van der Waals surface area contributed by atoms with Crippen molar-refractivity contribution in [3.8, 4) is 17.2 Å². The van der Waals surface area contributed by atoms with Crippen molar-refractivity contribution in [2.45, 2.75) is 18.9 Å². The van der Waals surface area contributed by atoms with Crippen molar-refractivity contribution in [1.82, 2.24) is 14.8 Å². The fourth-order valence-electron chi connectivity index (χ4n) is 5.43. The fourth-order valence-corrected chi connectivity index (χ4v) is 5.43. The summed E-state index contributed by atoms with van der Waals surface area (Å²) < 4.78 is 17.9. The van der Waals surface area contributed by atoms with Gasteiger partial charge in [-0.15, -0.1) is 0 Å². The predicted octanol–water partition coefficient (Wildman–Crippen LogP) is 3.29. The number of pyridine rings is 1. The van der Waals surface area contributed by atoms with Gasteiger partial charge in [-0.1, -0.05) is 6.07 Å². The molecular weight excluding hydrogens is 498 g/mol. The molecule has 9 nitrogen and oxygen atoms in total. The maximum absolute atomic E-state index is 14.0. The first-order chi connectivity index (χ1) is 18.9. The Bertz CT molecular complexity index is 1480. The number of fused-ring (bicyclic) bond motifs is 4. The number of nitrogens with one attached hydrogen (secondary N) is 1. The van der Waals surface area contributed by atoms with Crippen LogP contribution in [0.1, 0.15) is 34.0 Å². The molecule has 202 valence electrons. The number of benzene rings is 2. The van der Waals surface area contributed by atoms with E-state index < -0.39 is 5.91 Å². The zero-order chi connectivity index (χ0) is 27.5. The van der Waals surface area contributed by atoms with Gasteiger partial charge in [0.1, 0.15) is 22.9 Å². The SMILES string of the molecule is COc1ccc(C(=O)NC(=Cc2cc(OC)ccc2OC)C(=O)N2CC3CC(C2)c2cccc(=O)n2C3)cc1. The lowest BCUT2D eigenvalue weighted by Crippen LogP contribution is -2.50. The van der Waals surface area contributed by atoms with Gasteiger partial charge in [0.2, 0.25) is 0 Å². The summed E-state index contributed by atoms with van der Waals surface area (Å²) in [6.45, 7) is 1.50. The third-order valence-electron chi connectivity index (χ3n) is 7.33. The Labute approximate surface area is 226 Å². The Morgan fingerprint density at radius 3 is 2.36 bits per heavy atom. The van der Waals surface area contributed by atoms with Crippen LogP contribution in [0.3, 0.4) is 0 Å². The Morgan fingerprint density at radius 1 is 0.897 bits per heavy atom. The Kier molecular flexibility index (Phi) is 7.40. The highest BCUT2D eigenvalue weighted by Crippen LogP contribution is 2.35. The van der Waals surface area contributed by atoms with Crippen molar-refractivity contribution < 1.29 is 23.8 Å². The highest BCUT2D eigenvalue weighted by Gasteiger charge is 2.37. The molecule has 1 fully saturated rings. The van der Waals surface area contributed by atoms with Gasteiger partial charge < -0.3 is 29.0 Å². The summed E-state index contributed by atoms with van der Waals surface area (Å²) in [5, 5.41) is 2.84. The number of carbonyl (C=O) groups excluding carboxylic acids is 2. The van der Waals surface area contributed by atoms with Crippen molar-refractivity contribution in [2.24, 2.45) is 5.92 Å². The first kappa shape index (κ1) is 26.1. The highest BCUT2D eigenvalue weighted by atomic mass is 16.5. The second-order valence-corrected chi connectivity index (χ2v) is 9.76. The van der Waals surface area contributed by atoms with Crippen molar-refractivity contribution in [3.05, 3.63) is 93.5 Å². The average molecular weight is 530 g/mol. The van der Waals surface area contributed by atoms with E-state index in [1.54, 1.807) is 86.9 Å². The topological polar surface area (TPSA) is 99.1 Å². The minimum Gasteiger partial charge on any atom is -0.497 e. The molecule has 3 aromatic rings. The number of amides is 2. The predicted molar refractivity (Wildman–Crippen MR) is 146 cm³/mol. The second kappa shape index (κ2) is 11.1. The molecule has 2 aromatic carbocycles. The largest absolute Gasteiger partial charge is 0.497 e. The third-order valence-corrected chi connectivity index (χ3v) is 7.33. The van der Waals surface area contributed by atoms with E-state index >= 15 is 0 Å². The molecule has 9 heteroatoms. The summed E-state index contributed by atoms with van der Waals surface area (Å²) >= 11 is 0. The molecule has 0 radical (unpaired) electrons. The number of piperidine rings is 1. The molecule has 1 aromatic heterocycles. The molecule has 5 rings (SSSR count). The van der Waals surface area contributed by atoms with E-state index in [1.165, 1.54) is 0 Å². The first-order valence-corrected chi connectivity index (χ1v) is 12.8. The van der Waals surface area contributed by atoms with E-state index in [0.29, 0.717) is 48.0 Å². The molecule has 0 aliphatic carbocycles. The van der Waals surface area contributed by atoms with Crippen LogP contribution in [-0.4, -0.2) is 55.7 Å². The number of ether oxygens (including phenoxy) is 3. The Morgan fingerprint density at radius 2 is 1.64 bits per heavy atom. The second-order valence-electron chi connectivity index (χ2n) is 9.76. The quantitative estimate of drug-likeness (QED) is 0.472. The number of hydrogen-bond acceptors (Lipinski definition) is 6. The van der Waals surface area contributed by atoms with Crippen molar-refractivity contribution in [1.29, 1.82) is 0 Å². The van der Waals surface area contributed by atoms with Crippen LogP contribution in [0, 0.1) is 5.92 Å². The molecule has 2 aliphatic rings. The van der Waals surface area contributed by atoms with Gasteiger partial charge in [-0.25, -0.2) is 0 Å². The Balaban J connectivity index is 1.48. The van der Waals surface area contributed by atoms with Crippen LogP contribution in [0.25, 0.3) is 6.08 Å². The lowest BCUT2D eigenvalue weighted by molar-refractivity contribution is -0.130. The van der Waals surface area contributed by atoms with E-state index in [2.05, 4.69) is 5.32 Å². The molecule has 3 heterocycles. The number of hydrogen-bond donors (Lipinski definition) is 1. The molecule has 2 atom stereocenters. The maximum Gasteiger partial charge on any atom is 0.270 e. The van der Waals surface area contributed by atoms with Crippen molar-refractivity contribution in [2.75, 3.05) is 34.4 Å². The molecule has 2 bridgehead atoms. The molecular formula is C30H31N3O6. The zero-order valence-electron chi connectivity index (χ0n) is 22.2. The number of methoxy groups -OCH3 is 3. The fraction of sp³-hybridized carbons (Fsp3) is 0.300. The van der Waals surface area contributed by atoms with Crippen LogP contribution in [0.5, 0.6) is 17.2 Å². The smallest absolute Gasteiger partial charge is 0.270 e. The minimum absolute atomic E-state index is 0.0144. The average Bonchev–Trinajstić information content (AvgIpc) is 2.96. The lowest BCUT2D eigenvalue weighted by atomic mass is 9.83. The van der Waals surface area contributed by atoms with Crippen LogP contribution in [0.4, 0.5) is 0 Å². The van der Waals surface area contributed by atoms with Gasteiger partial charge in [-0.05, 0) is 66.9 Å². The summed E-state index contributed by atoms with van der Waals surface area (Å²) in [7, 11) is 4.66. The number of likely N-dealkylation sites (tertiary alicyclic amines) is 1. The number of nitrogens with zero attached hydrogens (tertiary/aromatic N) is 2. The van der Waals surface area contributed by atoms with E-state index in [1.807, 2.05) is 10.6 Å². The number of aromatic nitrogens is 1. The van der Waals surface area contributed by atoms with Crippen LogP contribution < -0.4 is 25.1 Å². The molecule has 2 aliphatic heterocycles. The minimum atomic E-state index is -0.423. The van der Waals surface area contributed by atoms with Crippen LogP contribution in [0.2, 0.25) is 0 Å². The third kappa shape index (κ3) is 5.38. The van der Waals surface area contributed by atoms with E-state index in [-0.39, 0.29) is 29.0 Å². The standard InChI is InChI=1S/C30H31N3O6/c1-37-23-9-7-20(8-10-23)29(35)31-25(15-21-14-24(38-2)11-12-27(21)39-3)30(36)32-16-19-13-22(18-32)26-5-4-6-28(34)33(26)17-19/h4-12,14-15,19,22H,13,16-18H2,1-3H3,(H,31,35). The molecule has 39 heavy (non-hydrogen) atoms. The van der Waals surface area contributed by atoms with Gasteiger partial charge in [0.25, 0.3) is 17.4 Å². The van der Waals surface area contributed by atoms with Gasteiger partial charge >= 0.3 is 0 Å². The van der Waals surface area contributed by atoms with Crippen molar-refractivity contribution in [3.63, 3.8) is 0 Å². The maximum atomic E-state index is 14.0. The Hall–Kier alpha value is -4.53. The van der Waals surface area contributed by atoms with Crippen molar-refractivity contribution >= 4 is 17.9 Å². The summed E-state index contributed by atoms with van der Waals surface area (Å²) in [5.74, 6) is 1.20. The normalized spacial score (nSPS) is 18.1. The van der Waals surface area contributed by atoms with Crippen LogP contribution in [0.15, 0.2) is 71.2 Å². The monoisotopic (exact) mass is 529 g/mol. The molecule has 2 amide bonds. The van der Waals surface area contributed by atoms with Gasteiger partial charge in [0.15, 0.2) is 0 Å². The van der Waals surface area contributed by atoms with Gasteiger partial charge in [-0.2, -0.15) is 0 Å².